The van der Waals surface area contributed by atoms with Gasteiger partial charge in [-0.15, -0.1) is 0 Å². The highest BCUT2D eigenvalue weighted by Crippen LogP contribution is 2.42. The lowest BCUT2D eigenvalue weighted by Crippen LogP contribution is -2.30. The zero-order valence-electron chi connectivity index (χ0n) is 17.7. The van der Waals surface area contributed by atoms with E-state index in [1.807, 2.05) is 18.4 Å². The molecule has 0 unspecified atom stereocenters. The Balaban J connectivity index is 1.82. The average molecular weight is 413 g/mol. The van der Waals surface area contributed by atoms with Crippen molar-refractivity contribution in [1.82, 2.24) is 4.57 Å². The van der Waals surface area contributed by atoms with Gasteiger partial charge in [0.15, 0.2) is 0 Å². The monoisotopic (exact) mass is 412 g/mol. The van der Waals surface area contributed by atoms with Crippen molar-refractivity contribution in [2.24, 2.45) is 11.7 Å². The second-order valence-electron chi connectivity index (χ2n) is 8.64. The standard InChI is InChI=1S/C23H29FN4O2/c1-14-22-18(11-19(24)23(14)27-9-7-16(13-27)15(2)26)20(30-10-4-3-8-25)12-21(29)28(22)17-5-6-17/h11-12,15-17H,3-7,9-10,13,26H2,1-2H3/t15-,16+/m0/s1. The lowest BCUT2D eigenvalue weighted by molar-refractivity contribution is 0.315. The van der Waals surface area contributed by atoms with Gasteiger partial charge in [-0.05, 0) is 57.1 Å². The van der Waals surface area contributed by atoms with Crippen molar-refractivity contribution in [2.45, 2.75) is 58.0 Å². The van der Waals surface area contributed by atoms with Gasteiger partial charge in [-0.3, -0.25) is 4.79 Å². The van der Waals surface area contributed by atoms with E-state index in [9.17, 15) is 4.79 Å². The van der Waals surface area contributed by atoms with Gasteiger partial charge >= 0.3 is 0 Å². The number of halogens is 1. The molecule has 1 saturated carbocycles. The summed E-state index contributed by atoms with van der Waals surface area (Å²) in [7, 11) is 0. The van der Waals surface area contributed by atoms with E-state index in [0.29, 0.717) is 42.2 Å². The lowest BCUT2D eigenvalue weighted by atomic mass is 10.0. The van der Waals surface area contributed by atoms with Crippen molar-refractivity contribution < 1.29 is 9.13 Å². The maximum absolute atomic E-state index is 15.4. The number of hydrogen-bond donors (Lipinski definition) is 1. The quantitative estimate of drug-likeness (QED) is 0.702. The number of nitriles is 1. The number of aromatic nitrogens is 1. The Morgan fingerprint density at radius 3 is 2.77 bits per heavy atom. The molecule has 1 saturated heterocycles. The Hall–Kier alpha value is -2.59. The van der Waals surface area contributed by atoms with Gasteiger partial charge in [-0.1, -0.05) is 0 Å². The molecule has 1 aromatic heterocycles. The number of anilines is 1. The number of pyridine rings is 1. The molecule has 2 heterocycles. The molecule has 0 amide bonds. The first-order valence-electron chi connectivity index (χ1n) is 10.8. The van der Waals surface area contributed by atoms with E-state index in [2.05, 4.69) is 11.0 Å². The van der Waals surface area contributed by atoms with Crippen molar-refractivity contribution in [2.75, 3.05) is 24.6 Å². The summed E-state index contributed by atoms with van der Waals surface area (Å²) in [6.07, 6.45) is 3.80. The highest BCUT2D eigenvalue weighted by molar-refractivity contribution is 5.92. The molecule has 2 fully saturated rings. The predicted octanol–water partition coefficient (Wildman–Crippen LogP) is 3.64. The molecule has 1 aliphatic heterocycles. The predicted molar refractivity (Wildman–Crippen MR) is 115 cm³/mol. The van der Waals surface area contributed by atoms with Crippen LogP contribution in [-0.4, -0.2) is 30.3 Å². The molecule has 160 valence electrons. The first-order chi connectivity index (χ1) is 14.4. The van der Waals surface area contributed by atoms with Crippen LogP contribution in [0.25, 0.3) is 10.9 Å². The Morgan fingerprint density at radius 1 is 1.37 bits per heavy atom. The van der Waals surface area contributed by atoms with E-state index in [-0.39, 0.29) is 23.5 Å². The van der Waals surface area contributed by atoms with Crippen LogP contribution in [0.5, 0.6) is 5.75 Å². The molecule has 1 aromatic carbocycles. The van der Waals surface area contributed by atoms with Crippen LogP contribution in [0.3, 0.4) is 0 Å². The van der Waals surface area contributed by atoms with Crippen LogP contribution >= 0.6 is 0 Å². The smallest absolute Gasteiger partial charge is 0.255 e. The maximum Gasteiger partial charge on any atom is 0.255 e. The number of rotatable bonds is 7. The second kappa shape index (κ2) is 8.27. The van der Waals surface area contributed by atoms with Gasteiger partial charge in [0, 0.05) is 43.0 Å². The van der Waals surface area contributed by atoms with Crippen LogP contribution in [-0.2, 0) is 0 Å². The number of ether oxygens (including phenoxy) is 1. The topological polar surface area (TPSA) is 84.3 Å². The molecule has 0 bridgehead atoms. The van der Waals surface area contributed by atoms with E-state index in [0.717, 1.165) is 43.4 Å². The third kappa shape index (κ3) is 3.77. The van der Waals surface area contributed by atoms with E-state index in [4.69, 9.17) is 15.7 Å². The third-order valence-corrected chi connectivity index (χ3v) is 6.35. The van der Waals surface area contributed by atoms with Gasteiger partial charge < -0.3 is 19.9 Å². The van der Waals surface area contributed by atoms with Gasteiger partial charge in [-0.2, -0.15) is 5.26 Å². The van der Waals surface area contributed by atoms with Crippen LogP contribution in [0.15, 0.2) is 16.9 Å². The second-order valence-corrected chi connectivity index (χ2v) is 8.64. The third-order valence-electron chi connectivity index (χ3n) is 6.35. The Morgan fingerprint density at radius 2 is 2.13 bits per heavy atom. The number of fused-ring (bicyclic) bond motifs is 1. The van der Waals surface area contributed by atoms with Crippen molar-refractivity contribution in [3.8, 4) is 11.8 Å². The molecule has 7 heteroatoms. The highest BCUT2D eigenvalue weighted by atomic mass is 19.1. The first-order valence-corrected chi connectivity index (χ1v) is 10.8. The summed E-state index contributed by atoms with van der Waals surface area (Å²) >= 11 is 0. The Bertz CT molecular complexity index is 1050. The fourth-order valence-corrected chi connectivity index (χ4v) is 4.58. The summed E-state index contributed by atoms with van der Waals surface area (Å²) in [5, 5.41) is 9.35. The highest BCUT2D eigenvalue weighted by Gasteiger charge is 2.32. The van der Waals surface area contributed by atoms with Crippen LogP contribution in [0, 0.1) is 30.0 Å². The number of unbranched alkanes of at least 4 members (excludes halogenated alkanes) is 1. The molecule has 30 heavy (non-hydrogen) atoms. The molecule has 6 nitrogen and oxygen atoms in total. The molecule has 0 radical (unpaired) electrons. The van der Waals surface area contributed by atoms with Crippen molar-refractivity contribution >= 4 is 16.6 Å². The molecule has 2 N–H and O–H groups in total. The van der Waals surface area contributed by atoms with Crippen LogP contribution < -0.4 is 20.9 Å². The summed E-state index contributed by atoms with van der Waals surface area (Å²) in [6, 6.07) is 5.29. The summed E-state index contributed by atoms with van der Waals surface area (Å²) in [4.78, 5) is 15.0. The molecular formula is C23H29FN4O2. The van der Waals surface area contributed by atoms with Gasteiger partial charge in [0.2, 0.25) is 0 Å². The number of hydrogen-bond acceptors (Lipinski definition) is 5. The SMILES string of the molecule is Cc1c(N2CC[C@@H]([C@H](C)N)C2)c(F)cc2c(OCCCC#N)cc(=O)n(C3CC3)c12. The van der Waals surface area contributed by atoms with Gasteiger partial charge in [0.25, 0.3) is 5.56 Å². The molecule has 2 atom stereocenters. The lowest BCUT2D eigenvalue weighted by Gasteiger charge is -2.25. The molecule has 0 spiro atoms. The fraction of sp³-hybridized carbons (Fsp3) is 0.565. The normalized spacial score (nSPS) is 19.8. The number of aryl methyl sites for hydroxylation is 1. The molecule has 2 aromatic rings. The van der Waals surface area contributed by atoms with Gasteiger partial charge in [-0.25, -0.2) is 4.39 Å². The maximum atomic E-state index is 15.4. The van der Waals surface area contributed by atoms with Gasteiger partial charge in [0.1, 0.15) is 11.6 Å². The Kier molecular flexibility index (Phi) is 5.70. The van der Waals surface area contributed by atoms with Crippen LogP contribution in [0.1, 0.15) is 50.6 Å². The molecule has 1 aliphatic carbocycles. The largest absolute Gasteiger partial charge is 0.493 e. The summed E-state index contributed by atoms with van der Waals surface area (Å²) in [5.74, 6) is 0.432. The number of nitrogens with zero attached hydrogens (tertiary/aromatic N) is 3. The Labute approximate surface area is 176 Å². The average Bonchev–Trinajstić information content (AvgIpc) is 3.41. The summed E-state index contributed by atoms with van der Waals surface area (Å²) in [6.45, 7) is 5.70. The zero-order valence-corrected chi connectivity index (χ0v) is 17.7. The molecular weight excluding hydrogens is 383 g/mol. The minimum absolute atomic E-state index is 0.0666. The van der Waals surface area contributed by atoms with Crippen molar-refractivity contribution in [1.29, 1.82) is 5.26 Å². The van der Waals surface area contributed by atoms with E-state index in [1.165, 1.54) is 12.1 Å². The minimum Gasteiger partial charge on any atom is -0.493 e. The molecule has 4 rings (SSSR count). The summed E-state index contributed by atoms with van der Waals surface area (Å²) in [5.41, 5.74) is 8.08. The van der Waals surface area contributed by atoms with Crippen LogP contribution in [0.4, 0.5) is 10.1 Å². The minimum atomic E-state index is -0.298. The number of nitrogens with two attached hydrogens (primary N) is 1. The van der Waals surface area contributed by atoms with Gasteiger partial charge in [0.05, 0.1) is 23.9 Å². The molecule has 2 aliphatic rings. The van der Waals surface area contributed by atoms with E-state index in [1.54, 1.807) is 0 Å². The number of benzene rings is 1. The zero-order chi connectivity index (χ0) is 21.4. The van der Waals surface area contributed by atoms with Crippen LogP contribution in [0.2, 0.25) is 0 Å². The summed E-state index contributed by atoms with van der Waals surface area (Å²) < 4.78 is 23.0. The van der Waals surface area contributed by atoms with Crippen molar-refractivity contribution in [3.63, 3.8) is 0 Å². The van der Waals surface area contributed by atoms with E-state index >= 15 is 4.39 Å². The van der Waals surface area contributed by atoms with Crippen molar-refractivity contribution in [3.05, 3.63) is 33.9 Å². The fourth-order valence-electron chi connectivity index (χ4n) is 4.58. The van der Waals surface area contributed by atoms with E-state index < -0.39 is 0 Å². The first kappa shape index (κ1) is 20.7.